The van der Waals surface area contributed by atoms with Crippen LogP contribution in [0.4, 0.5) is 0 Å². The van der Waals surface area contributed by atoms with E-state index in [1.807, 2.05) is 44.2 Å². The van der Waals surface area contributed by atoms with Crippen LogP contribution in [0.5, 0.6) is 0 Å². The van der Waals surface area contributed by atoms with Crippen LogP contribution in [0.3, 0.4) is 0 Å². The summed E-state index contributed by atoms with van der Waals surface area (Å²) in [7, 11) is 0. The van der Waals surface area contributed by atoms with Gasteiger partial charge < -0.3 is 0 Å². The molecule has 1 aromatic carbocycles. The van der Waals surface area contributed by atoms with Gasteiger partial charge in [0.15, 0.2) is 5.16 Å². The molecule has 0 aliphatic rings. The molecule has 1 N–H and O–H groups in total. The Labute approximate surface area is 162 Å². The number of rotatable bonds is 6. The molecule has 6 nitrogen and oxygen atoms in total. The van der Waals surface area contributed by atoms with Gasteiger partial charge in [0.2, 0.25) is 0 Å². The number of nitrogens with one attached hydrogen (secondary N) is 1. The summed E-state index contributed by atoms with van der Waals surface area (Å²) < 4.78 is 0. The molecule has 3 aromatic rings. The molecule has 1 amide bonds. The molecule has 3 rings (SSSR count). The summed E-state index contributed by atoms with van der Waals surface area (Å²) in [5.41, 5.74) is 6.96. The van der Waals surface area contributed by atoms with Crippen molar-refractivity contribution in [1.29, 1.82) is 0 Å². The molecule has 0 bridgehead atoms. The predicted molar refractivity (Wildman–Crippen MR) is 107 cm³/mol. The lowest BCUT2D eigenvalue weighted by atomic mass is 10.1. The molecule has 0 spiro atoms. The quantitative estimate of drug-likeness (QED) is 0.308. The lowest BCUT2D eigenvalue weighted by Gasteiger charge is -2.04. The summed E-state index contributed by atoms with van der Waals surface area (Å²) in [5.74, 6) is 0.488. The van der Waals surface area contributed by atoms with Gasteiger partial charge in [0.05, 0.1) is 6.21 Å². The maximum Gasteiger partial charge on any atom is 0.271 e. The Balaban J connectivity index is 1.54. The molecule has 0 radical (unpaired) electrons. The third-order valence-electron chi connectivity index (χ3n) is 3.63. The minimum absolute atomic E-state index is 0.253. The van der Waals surface area contributed by atoms with Gasteiger partial charge in [-0.15, -0.1) is 0 Å². The summed E-state index contributed by atoms with van der Waals surface area (Å²) >= 11 is 1.58. The van der Waals surface area contributed by atoms with E-state index in [1.165, 1.54) is 0 Å². The van der Waals surface area contributed by atoms with Crippen LogP contribution in [0.2, 0.25) is 0 Å². The molecule has 27 heavy (non-hydrogen) atoms. The zero-order valence-electron chi connectivity index (χ0n) is 15.1. The zero-order valence-corrected chi connectivity index (χ0v) is 15.9. The standard InChI is InChI=1S/C20H19N5OS/c1-14-11-15(2)24-20(23-14)27-13-17-3-5-18(6-4-17)19(26)25-22-12-16-7-9-21-10-8-16/h3-12H,13H2,1-2H3,(H,25,26)/b22-12+. The Kier molecular flexibility index (Phi) is 6.27. The zero-order chi connectivity index (χ0) is 19.1. The number of carbonyl (C=O) groups is 1. The number of pyridine rings is 1. The number of thioether (sulfide) groups is 1. The van der Waals surface area contributed by atoms with Gasteiger partial charge in [-0.25, -0.2) is 15.4 Å². The van der Waals surface area contributed by atoms with E-state index >= 15 is 0 Å². The number of carbonyl (C=O) groups excluding carboxylic acids is 1. The van der Waals surface area contributed by atoms with Gasteiger partial charge in [0.25, 0.3) is 5.91 Å². The highest BCUT2D eigenvalue weighted by molar-refractivity contribution is 7.98. The molecule has 0 aliphatic carbocycles. The maximum absolute atomic E-state index is 12.1. The lowest BCUT2D eigenvalue weighted by Crippen LogP contribution is -2.17. The molecular formula is C20H19N5OS. The Morgan fingerprint density at radius 1 is 1.07 bits per heavy atom. The number of aryl methyl sites for hydroxylation is 2. The van der Waals surface area contributed by atoms with Crippen LogP contribution in [-0.4, -0.2) is 27.1 Å². The van der Waals surface area contributed by atoms with E-state index in [4.69, 9.17) is 0 Å². The summed E-state index contributed by atoms with van der Waals surface area (Å²) in [5, 5.41) is 4.72. The molecule has 0 atom stereocenters. The minimum Gasteiger partial charge on any atom is -0.267 e. The van der Waals surface area contributed by atoms with Crippen molar-refractivity contribution in [2.75, 3.05) is 0 Å². The number of amides is 1. The van der Waals surface area contributed by atoms with E-state index < -0.39 is 0 Å². The number of benzene rings is 1. The van der Waals surface area contributed by atoms with E-state index in [2.05, 4.69) is 25.5 Å². The van der Waals surface area contributed by atoms with E-state index in [9.17, 15) is 4.79 Å². The van der Waals surface area contributed by atoms with Crippen LogP contribution in [0, 0.1) is 13.8 Å². The maximum atomic E-state index is 12.1. The van der Waals surface area contributed by atoms with Crippen molar-refractivity contribution in [3.8, 4) is 0 Å². The molecule has 0 saturated heterocycles. The average Bonchev–Trinajstić information content (AvgIpc) is 2.67. The molecule has 2 heterocycles. The van der Waals surface area contributed by atoms with Crippen LogP contribution >= 0.6 is 11.8 Å². The first-order valence-corrected chi connectivity index (χ1v) is 9.36. The normalized spacial score (nSPS) is 10.9. The third kappa shape index (κ3) is 5.72. The number of hydrogen-bond acceptors (Lipinski definition) is 6. The fourth-order valence-corrected chi connectivity index (χ4v) is 3.24. The second-order valence-electron chi connectivity index (χ2n) is 5.90. The Hall–Kier alpha value is -3.06. The van der Waals surface area contributed by atoms with Crippen LogP contribution < -0.4 is 5.43 Å². The molecule has 0 saturated carbocycles. The van der Waals surface area contributed by atoms with Gasteiger partial charge in [-0.3, -0.25) is 9.78 Å². The molecular weight excluding hydrogens is 358 g/mol. The fraction of sp³-hybridized carbons (Fsp3) is 0.150. The van der Waals surface area contributed by atoms with Crippen molar-refractivity contribution in [3.63, 3.8) is 0 Å². The molecule has 136 valence electrons. The van der Waals surface area contributed by atoms with Crippen LogP contribution in [0.15, 0.2) is 65.1 Å². The van der Waals surface area contributed by atoms with Gasteiger partial charge in [-0.2, -0.15) is 5.10 Å². The van der Waals surface area contributed by atoms with Crippen LogP contribution in [0.1, 0.15) is 32.9 Å². The summed E-state index contributed by atoms with van der Waals surface area (Å²) in [4.78, 5) is 24.9. The van der Waals surface area contributed by atoms with Crippen molar-refractivity contribution in [1.82, 2.24) is 20.4 Å². The van der Waals surface area contributed by atoms with E-state index in [1.54, 1.807) is 42.5 Å². The number of hydrazone groups is 1. The monoisotopic (exact) mass is 377 g/mol. The predicted octanol–water partition coefficient (Wildman–Crippen LogP) is 3.54. The summed E-state index contributed by atoms with van der Waals surface area (Å²) in [6, 6.07) is 13.0. The third-order valence-corrected chi connectivity index (χ3v) is 4.55. The Morgan fingerprint density at radius 2 is 1.74 bits per heavy atom. The Bertz CT molecular complexity index is 922. The van der Waals surface area contributed by atoms with E-state index in [0.717, 1.165) is 33.4 Å². The van der Waals surface area contributed by atoms with Gasteiger partial charge in [-0.1, -0.05) is 23.9 Å². The van der Waals surface area contributed by atoms with Crippen LogP contribution in [-0.2, 0) is 5.75 Å². The van der Waals surface area contributed by atoms with Crippen molar-refractivity contribution in [2.24, 2.45) is 5.10 Å². The van der Waals surface area contributed by atoms with Gasteiger partial charge in [-0.05, 0) is 55.3 Å². The molecule has 0 unspecified atom stereocenters. The van der Waals surface area contributed by atoms with Crippen molar-refractivity contribution < 1.29 is 4.79 Å². The van der Waals surface area contributed by atoms with Crippen molar-refractivity contribution in [2.45, 2.75) is 24.8 Å². The van der Waals surface area contributed by atoms with Gasteiger partial charge in [0.1, 0.15) is 0 Å². The number of aromatic nitrogens is 3. The largest absolute Gasteiger partial charge is 0.271 e. The minimum atomic E-state index is -0.253. The second-order valence-corrected chi connectivity index (χ2v) is 6.84. The smallest absolute Gasteiger partial charge is 0.267 e. The summed E-state index contributed by atoms with van der Waals surface area (Å²) in [6.07, 6.45) is 4.92. The average molecular weight is 377 g/mol. The van der Waals surface area contributed by atoms with Crippen molar-refractivity contribution >= 4 is 23.9 Å². The first-order valence-electron chi connectivity index (χ1n) is 8.37. The second kappa shape index (κ2) is 9.05. The molecule has 2 aromatic heterocycles. The van der Waals surface area contributed by atoms with E-state index in [0.29, 0.717) is 5.56 Å². The fourth-order valence-electron chi connectivity index (χ4n) is 2.34. The highest BCUT2D eigenvalue weighted by atomic mass is 32.2. The highest BCUT2D eigenvalue weighted by Crippen LogP contribution is 2.20. The number of nitrogens with zero attached hydrogens (tertiary/aromatic N) is 4. The van der Waals surface area contributed by atoms with Gasteiger partial charge >= 0.3 is 0 Å². The molecule has 0 fully saturated rings. The van der Waals surface area contributed by atoms with Crippen LogP contribution in [0.25, 0.3) is 0 Å². The van der Waals surface area contributed by atoms with Crippen molar-refractivity contribution in [3.05, 3.63) is 82.9 Å². The highest BCUT2D eigenvalue weighted by Gasteiger charge is 2.05. The van der Waals surface area contributed by atoms with E-state index in [-0.39, 0.29) is 5.91 Å². The molecule has 7 heteroatoms. The first kappa shape index (κ1) is 18.7. The Morgan fingerprint density at radius 3 is 2.41 bits per heavy atom. The first-order chi connectivity index (χ1) is 13.1. The topological polar surface area (TPSA) is 80.1 Å². The SMILES string of the molecule is Cc1cc(C)nc(SCc2ccc(C(=O)N/N=C/c3ccncc3)cc2)n1. The van der Waals surface area contributed by atoms with Gasteiger partial charge in [0, 0.05) is 35.1 Å². The number of hydrogen-bond donors (Lipinski definition) is 1. The molecule has 0 aliphatic heterocycles. The lowest BCUT2D eigenvalue weighted by molar-refractivity contribution is 0.0955. The summed E-state index contributed by atoms with van der Waals surface area (Å²) in [6.45, 7) is 3.92.